The van der Waals surface area contributed by atoms with Crippen LogP contribution in [0.2, 0.25) is 0 Å². The number of furan rings is 1. The standard InChI is InChI=1S/C37H23NO/c1-2-10-24(11-3-1)26-20-21-35(38-23-26)33-19-9-17-31-30-16-8-18-32(36(30)39-37(31)33)34-22-25-12-4-5-13-27(25)28-14-6-7-15-29(28)34/h1-23H. The lowest BCUT2D eigenvalue weighted by Gasteiger charge is -2.11. The second kappa shape index (κ2) is 8.68. The molecule has 0 atom stereocenters. The van der Waals surface area contributed by atoms with E-state index in [2.05, 4.69) is 127 Å². The summed E-state index contributed by atoms with van der Waals surface area (Å²) in [7, 11) is 0. The molecule has 2 aromatic heterocycles. The zero-order chi connectivity index (χ0) is 25.8. The molecule has 0 saturated heterocycles. The molecule has 0 unspecified atom stereocenters. The number of nitrogens with zero attached hydrogens (tertiary/aromatic N) is 1. The van der Waals surface area contributed by atoms with Crippen LogP contribution in [0.5, 0.6) is 0 Å². The van der Waals surface area contributed by atoms with Crippen molar-refractivity contribution in [2.75, 3.05) is 0 Å². The van der Waals surface area contributed by atoms with E-state index in [4.69, 9.17) is 9.40 Å². The first kappa shape index (κ1) is 21.8. The summed E-state index contributed by atoms with van der Waals surface area (Å²) in [6, 6.07) is 46.9. The Morgan fingerprint density at radius 3 is 1.82 bits per heavy atom. The molecule has 8 rings (SSSR count). The second-order valence-electron chi connectivity index (χ2n) is 9.96. The quantitative estimate of drug-likeness (QED) is 0.227. The molecule has 0 radical (unpaired) electrons. The van der Waals surface area contributed by atoms with Crippen molar-refractivity contribution in [3.05, 3.63) is 140 Å². The van der Waals surface area contributed by atoms with Crippen molar-refractivity contribution in [2.24, 2.45) is 0 Å². The highest BCUT2D eigenvalue weighted by Gasteiger charge is 2.18. The van der Waals surface area contributed by atoms with Gasteiger partial charge in [0.2, 0.25) is 0 Å². The Morgan fingerprint density at radius 2 is 1.05 bits per heavy atom. The number of hydrogen-bond donors (Lipinski definition) is 0. The number of pyridine rings is 1. The van der Waals surface area contributed by atoms with Crippen LogP contribution in [-0.4, -0.2) is 4.98 Å². The SMILES string of the molecule is c1ccc(-c2ccc(-c3cccc4c3oc3c(-c5cc6ccccc6c6ccccc56)cccc34)nc2)cc1. The number of hydrogen-bond acceptors (Lipinski definition) is 2. The van der Waals surface area contributed by atoms with E-state index in [9.17, 15) is 0 Å². The van der Waals surface area contributed by atoms with Crippen LogP contribution in [0.1, 0.15) is 0 Å². The lowest BCUT2D eigenvalue weighted by atomic mass is 9.92. The van der Waals surface area contributed by atoms with E-state index < -0.39 is 0 Å². The van der Waals surface area contributed by atoms with Gasteiger partial charge in [-0.2, -0.15) is 0 Å². The third-order valence-corrected chi connectivity index (χ3v) is 7.73. The highest BCUT2D eigenvalue weighted by atomic mass is 16.3. The molecule has 39 heavy (non-hydrogen) atoms. The van der Waals surface area contributed by atoms with Gasteiger partial charge in [0.05, 0.1) is 5.69 Å². The molecular formula is C37H23NO. The minimum atomic E-state index is 0.866. The van der Waals surface area contributed by atoms with E-state index in [1.165, 1.54) is 27.1 Å². The molecule has 0 fully saturated rings. The average Bonchev–Trinajstić information content (AvgIpc) is 3.40. The van der Waals surface area contributed by atoms with E-state index in [1.54, 1.807) is 0 Å². The second-order valence-corrected chi connectivity index (χ2v) is 9.96. The molecule has 0 saturated carbocycles. The third kappa shape index (κ3) is 3.46. The van der Waals surface area contributed by atoms with Crippen molar-refractivity contribution in [1.29, 1.82) is 0 Å². The number of fused-ring (bicyclic) bond motifs is 6. The fourth-order valence-corrected chi connectivity index (χ4v) is 5.87. The molecule has 0 N–H and O–H groups in total. The Balaban J connectivity index is 1.35. The smallest absolute Gasteiger partial charge is 0.144 e. The molecule has 6 aromatic carbocycles. The van der Waals surface area contributed by atoms with Gasteiger partial charge in [-0.05, 0) is 50.9 Å². The number of rotatable bonds is 3. The molecular weight excluding hydrogens is 474 g/mol. The first-order valence-electron chi connectivity index (χ1n) is 13.2. The van der Waals surface area contributed by atoms with Gasteiger partial charge >= 0.3 is 0 Å². The molecule has 0 amide bonds. The average molecular weight is 498 g/mol. The molecule has 0 spiro atoms. The molecule has 0 bridgehead atoms. The number of aromatic nitrogens is 1. The van der Waals surface area contributed by atoms with Crippen LogP contribution in [0, 0.1) is 0 Å². The lowest BCUT2D eigenvalue weighted by Crippen LogP contribution is -1.85. The van der Waals surface area contributed by atoms with Gasteiger partial charge in [-0.15, -0.1) is 0 Å². The lowest BCUT2D eigenvalue weighted by molar-refractivity contribution is 0.671. The summed E-state index contributed by atoms with van der Waals surface area (Å²) < 4.78 is 6.76. The predicted octanol–water partition coefficient (Wildman–Crippen LogP) is 10.3. The van der Waals surface area contributed by atoms with Crippen LogP contribution in [-0.2, 0) is 0 Å². The van der Waals surface area contributed by atoms with Gasteiger partial charge in [-0.3, -0.25) is 4.98 Å². The van der Waals surface area contributed by atoms with Crippen molar-refractivity contribution in [3.8, 4) is 33.5 Å². The molecule has 2 nitrogen and oxygen atoms in total. The van der Waals surface area contributed by atoms with Gasteiger partial charge in [0.1, 0.15) is 11.2 Å². The van der Waals surface area contributed by atoms with Crippen molar-refractivity contribution in [2.45, 2.75) is 0 Å². The highest BCUT2D eigenvalue weighted by Crippen LogP contribution is 2.42. The number of para-hydroxylation sites is 2. The molecule has 0 aliphatic rings. The molecule has 2 heteroatoms. The minimum absolute atomic E-state index is 0.866. The first-order valence-corrected chi connectivity index (χ1v) is 13.2. The maximum absolute atomic E-state index is 6.76. The zero-order valence-corrected chi connectivity index (χ0v) is 21.1. The first-order chi connectivity index (χ1) is 19.3. The van der Waals surface area contributed by atoms with Gasteiger partial charge in [-0.1, -0.05) is 115 Å². The molecule has 0 aliphatic heterocycles. The third-order valence-electron chi connectivity index (χ3n) is 7.73. The maximum Gasteiger partial charge on any atom is 0.144 e. The van der Waals surface area contributed by atoms with Crippen LogP contribution >= 0.6 is 0 Å². The van der Waals surface area contributed by atoms with Crippen molar-refractivity contribution in [3.63, 3.8) is 0 Å². The van der Waals surface area contributed by atoms with Gasteiger partial charge < -0.3 is 4.42 Å². The molecule has 182 valence electrons. The number of benzene rings is 6. The van der Waals surface area contributed by atoms with Crippen molar-refractivity contribution < 1.29 is 4.42 Å². The Morgan fingerprint density at radius 1 is 0.410 bits per heavy atom. The van der Waals surface area contributed by atoms with Crippen LogP contribution in [0.15, 0.2) is 144 Å². The zero-order valence-electron chi connectivity index (χ0n) is 21.1. The maximum atomic E-state index is 6.76. The minimum Gasteiger partial charge on any atom is -0.455 e. The van der Waals surface area contributed by atoms with Gasteiger partial charge in [0, 0.05) is 33.7 Å². The molecule has 2 heterocycles. The van der Waals surface area contributed by atoms with E-state index in [0.29, 0.717) is 0 Å². The summed E-state index contributed by atoms with van der Waals surface area (Å²) >= 11 is 0. The van der Waals surface area contributed by atoms with Gasteiger partial charge in [0.25, 0.3) is 0 Å². The Labute approximate surface area is 225 Å². The van der Waals surface area contributed by atoms with Crippen LogP contribution in [0.25, 0.3) is 77.0 Å². The summed E-state index contributed by atoms with van der Waals surface area (Å²) in [6.45, 7) is 0. The highest BCUT2D eigenvalue weighted by molar-refractivity contribution is 6.18. The predicted molar refractivity (Wildman–Crippen MR) is 163 cm³/mol. The van der Waals surface area contributed by atoms with E-state index in [-0.39, 0.29) is 0 Å². The summed E-state index contributed by atoms with van der Waals surface area (Å²) in [5, 5.41) is 7.18. The van der Waals surface area contributed by atoms with Crippen molar-refractivity contribution in [1.82, 2.24) is 4.98 Å². The van der Waals surface area contributed by atoms with Gasteiger partial charge in [0.15, 0.2) is 0 Å². The largest absolute Gasteiger partial charge is 0.455 e. The van der Waals surface area contributed by atoms with Crippen LogP contribution in [0.3, 0.4) is 0 Å². The summed E-state index contributed by atoms with van der Waals surface area (Å²) in [5.41, 5.74) is 8.21. The van der Waals surface area contributed by atoms with E-state index in [1.807, 2.05) is 12.3 Å². The summed E-state index contributed by atoms with van der Waals surface area (Å²) in [6.07, 6.45) is 1.94. The van der Waals surface area contributed by atoms with Gasteiger partial charge in [-0.25, -0.2) is 0 Å². The Hall–Kier alpha value is -5.21. The summed E-state index contributed by atoms with van der Waals surface area (Å²) in [5.74, 6) is 0. The Kier molecular flexibility index (Phi) is 4.86. The monoisotopic (exact) mass is 497 g/mol. The fraction of sp³-hybridized carbons (Fsp3) is 0. The normalized spacial score (nSPS) is 11.6. The fourth-order valence-electron chi connectivity index (χ4n) is 5.87. The molecule has 0 aliphatic carbocycles. The van der Waals surface area contributed by atoms with Crippen LogP contribution in [0.4, 0.5) is 0 Å². The van der Waals surface area contributed by atoms with Crippen molar-refractivity contribution >= 4 is 43.5 Å². The topological polar surface area (TPSA) is 26.0 Å². The summed E-state index contributed by atoms with van der Waals surface area (Å²) in [4.78, 5) is 4.84. The van der Waals surface area contributed by atoms with E-state index in [0.717, 1.165) is 49.9 Å². The van der Waals surface area contributed by atoms with E-state index >= 15 is 0 Å². The molecule has 8 aromatic rings. The Bertz CT molecular complexity index is 2160. The van der Waals surface area contributed by atoms with Crippen LogP contribution < -0.4 is 0 Å².